The molecule has 1 aromatic carbocycles. The van der Waals surface area contributed by atoms with E-state index in [1.807, 2.05) is 6.92 Å². The summed E-state index contributed by atoms with van der Waals surface area (Å²) in [6, 6.07) is 6.70. The average molecular weight is 235 g/mol. The highest BCUT2D eigenvalue weighted by Gasteiger charge is 2.13. The van der Waals surface area contributed by atoms with E-state index in [1.54, 1.807) is 0 Å². The molecule has 3 heteroatoms. The summed E-state index contributed by atoms with van der Waals surface area (Å²) in [6.07, 6.45) is 1.02. The Morgan fingerprint density at radius 3 is 3.00 bits per heavy atom. The molecule has 1 aliphatic rings. The van der Waals surface area contributed by atoms with Gasteiger partial charge in [-0.05, 0) is 30.0 Å². The molecule has 2 atom stereocenters. The third kappa shape index (κ3) is 2.99. The predicted octanol–water partition coefficient (Wildman–Crippen LogP) is 1.73. The van der Waals surface area contributed by atoms with Crippen molar-refractivity contribution >= 4 is 0 Å². The Morgan fingerprint density at radius 1 is 1.41 bits per heavy atom. The zero-order valence-corrected chi connectivity index (χ0v) is 10.6. The molecule has 0 fully saturated rings. The van der Waals surface area contributed by atoms with Gasteiger partial charge in [-0.1, -0.05) is 19.1 Å². The highest BCUT2D eigenvalue weighted by atomic mass is 16.5. The molecule has 1 heterocycles. The van der Waals surface area contributed by atoms with Gasteiger partial charge < -0.3 is 15.2 Å². The van der Waals surface area contributed by atoms with Crippen molar-refractivity contribution in [3.05, 3.63) is 29.3 Å². The van der Waals surface area contributed by atoms with Crippen LogP contribution in [0.3, 0.4) is 0 Å². The van der Waals surface area contributed by atoms with E-state index in [1.165, 1.54) is 11.1 Å². The number of benzene rings is 1. The first-order valence-corrected chi connectivity index (χ1v) is 6.29. The SMILES string of the molecule is CC(CO)C(C)NCc1ccc2c(c1)CCO2. The molecule has 0 aliphatic carbocycles. The third-order valence-corrected chi connectivity index (χ3v) is 3.52. The lowest BCUT2D eigenvalue weighted by molar-refractivity contribution is 0.207. The fourth-order valence-electron chi connectivity index (χ4n) is 1.99. The Kier molecular flexibility index (Phi) is 4.02. The number of nitrogens with one attached hydrogen (secondary N) is 1. The van der Waals surface area contributed by atoms with Crippen molar-refractivity contribution in [2.75, 3.05) is 13.2 Å². The summed E-state index contributed by atoms with van der Waals surface area (Å²) in [7, 11) is 0. The molecule has 94 valence electrons. The number of hydrogen-bond donors (Lipinski definition) is 2. The molecular formula is C14H21NO2. The minimum atomic E-state index is 0.228. The Bertz CT molecular complexity index is 378. The van der Waals surface area contributed by atoms with Gasteiger partial charge in [0.05, 0.1) is 6.61 Å². The Hall–Kier alpha value is -1.06. The maximum Gasteiger partial charge on any atom is 0.122 e. The van der Waals surface area contributed by atoms with Gasteiger partial charge >= 0.3 is 0 Å². The lowest BCUT2D eigenvalue weighted by atomic mass is 10.0. The zero-order valence-electron chi connectivity index (χ0n) is 10.6. The molecule has 0 amide bonds. The average Bonchev–Trinajstić information content (AvgIpc) is 2.82. The second kappa shape index (κ2) is 5.52. The number of hydrogen-bond acceptors (Lipinski definition) is 3. The number of aliphatic hydroxyl groups excluding tert-OH is 1. The molecule has 3 nitrogen and oxygen atoms in total. The van der Waals surface area contributed by atoms with Gasteiger partial charge in [0, 0.05) is 25.6 Å². The second-order valence-corrected chi connectivity index (χ2v) is 4.87. The van der Waals surface area contributed by atoms with Crippen LogP contribution in [0.2, 0.25) is 0 Å². The Balaban J connectivity index is 1.91. The largest absolute Gasteiger partial charge is 0.493 e. The lowest BCUT2D eigenvalue weighted by Gasteiger charge is -2.19. The van der Waals surface area contributed by atoms with Crippen LogP contribution in [0, 0.1) is 5.92 Å². The van der Waals surface area contributed by atoms with E-state index in [0.29, 0.717) is 6.04 Å². The van der Waals surface area contributed by atoms with Crippen molar-refractivity contribution < 1.29 is 9.84 Å². The molecule has 0 radical (unpaired) electrons. The van der Waals surface area contributed by atoms with Gasteiger partial charge in [0.1, 0.15) is 5.75 Å². The van der Waals surface area contributed by atoms with E-state index >= 15 is 0 Å². The molecule has 0 saturated heterocycles. The minimum Gasteiger partial charge on any atom is -0.493 e. The highest BCUT2D eigenvalue weighted by Crippen LogP contribution is 2.25. The first-order chi connectivity index (χ1) is 8.20. The maximum atomic E-state index is 9.07. The van der Waals surface area contributed by atoms with E-state index < -0.39 is 0 Å². The molecule has 2 unspecified atom stereocenters. The fraction of sp³-hybridized carbons (Fsp3) is 0.571. The van der Waals surface area contributed by atoms with Gasteiger partial charge in [0.15, 0.2) is 0 Å². The fourth-order valence-corrected chi connectivity index (χ4v) is 1.99. The second-order valence-electron chi connectivity index (χ2n) is 4.87. The van der Waals surface area contributed by atoms with Gasteiger partial charge in [-0.15, -0.1) is 0 Å². The van der Waals surface area contributed by atoms with Gasteiger partial charge in [-0.25, -0.2) is 0 Å². The molecule has 1 aromatic rings. The molecular weight excluding hydrogens is 214 g/mol. The van der Waals surface area contributed by atoms with Crippen molar-refractivity contribution in [2.45, 2.75) is 32.9 Å². The van der Waals surface area contributed by atoms with Crippen molar-refractivity contribution in [3.8, 4) is 5.75 Å². The summed E-state index contributed by atoms with van der Waals surface area (Å²) in [5, 5.41) is 12.5. The van der Waals surface area contributed by atoms with Crippen LogP contribution in [0.5, 0.6) is 5.75 Å². The first-order valence-electron chi connectivity index (χ1n) is 6.29. The number of aliphatic hydroxyl groups is 1. The van der Waals surface area contributed by atoms with Crippen molar-refractivity contribution in [1.29, 1.82) is 0 Å². The van der Waals surface area contributed by atoms with Crippen LogP contribution < -0.4 is 10.1 Å². The van der Waals surface area contributed by atoms with E-state index in [2.05, 4.69) is 30.4 Å². The summed E-state index contributed by atoms with van der Waals surface area (Å²) >= 11 is 0. The van der Waals surface area contributed by atoms with Crippen LogP contribution in [-0.4, -0.2) is 24.4 Å². The highest BCUT2D eigenvalue weighted by molar-refractivity contribution is 5.39. The standard InChI is InChI=1S/C14H21NO2/c1-10(9-16)11(2)15-8-12-3-4-14-13(7-12)5-6-17-14/h3-4,7,10-11,15-16H,5-6,8-9H2,1-2H3. The van der Waals surface area contributed by atoms with E-state index in [-0.39, 0.29) is 12.5 Å². The maximum absolute atomic E-state index is 9.07. The Morgan fingerprint density at radius 2 is 2.24 bits per heavy atom. The van der Waals surface area contributed by atoms with Crippen LogP contribution in [0.25, 0.3) is 0 Å². The molecule has 0 aromatic heterocycles. The Labute approximate surface area is 103 Å². The molecule has 17 heavy (non-hydrogen) atoms. The summed E-state index contributed by atoms with van der Waals surface area (Å²) in [4.78, 5) is 0. The molecule has 2 rings (SSSR count). The van der Waals surface area contributed by atoms with E-state index in [9.17, 15) is 0 Å². The van der Waals surface area contributed by atoms with E-state index in [0.717, 1.165) is 25.3 Å². The zero-order chi connectivity index (χ0) is 12.3. The smallest absolute Gasteiger partial charge is 0.122 e. The molecule has 2 N–H and O–H groups in total. The summed E-state index contributed by atoms with van der Waals surface area (Å²) in [5.41, 5.74) is 2.60. The van der Waals surface area contributed by atoms with Gasteiger partial charge in [0.2, 0.25) is 0 Å². The lowest BCUT2D eigenvalue weighted by Crippen LogP contribution is -2.33. The van der Waals surface area contributed by atoms with Gasteiger partial charge in [-0.2, -0.15) is 0 Å². The summed E-state index contributed by atoms with van der Waals surface area (Å²) in [6.45, 7) is 6.04. The van der Waals surface area contributed by atoms with Gasteiger partial charge in [-0.3, -0.25) is 0 Å². The molecule has 0 spiro atoms. The van der Waals surface area contributed by atoms with E-state index in [4.69, 9.17) is 9.84 Å². The van der Waals surface area contributed by atoms with Crippen molar-refractivity contribution in [1.82, 2.24) is 5.32 Å². The quantitative estimate of drug-likeness (QED) is 0.816. The van der Waals surface area contributed by atoms with Crippen molar-refractivity contribution in [3.63, 3.8) is 0 Å². The van der Waals surface area contributed by atoms with Crippen LogP contribution in [0.15, 0.2) is 18.2 Å². The van der Waals surface area contributed by atoms with Crippen molar-refractivity contribution in [2.24, 2.45) is 5.92 Å². The number of rotatable bonds is 5. The van der Waals surface area contributed by atoms with Crippen LogP contribution in [-0.2, 0) is 13.0 Å². The summed E-state index contributed by atoms with van der Waals surface area (Å²) < 4.78 is 5.48. The third-order valence-electron chi connectivity index (χ3n) is 3.52. The topological polar surface area (TPSA) is 41.5 Å². The van der Waals surface area contributed by atoms with Crippen LogP contribution in [0.4, 0.5) is 0 Å². The molecule has 0 bridgehead atoms. The normalized spacial score (nSPS) is 17.4. The van der Waals surface area contributed by atoms with Crippen LogP contribution >= 0.6 is 0 Å². The minimum absolute atomic E-state index is 0.228. The van der Waals surface area contributed by atoms with Gasteiger partial charge in [0.25, 0.3) is 0 Å². The number of ether oxygens (including phenoxy) is 1. The molecule has 1 aliphatic heterocycles. The first kappa shape index (κ1) is 12.4. The predicted molar refractivity (Wildman–Crippen MR) is 68.2 cm³/mol. The number of fused-ring (bicyclic) bond motifs is 1. The summed E-state index contributed by atoms with van der Waals surface area (Å²) in [5.74, 6) is 1.32. The van der Waals surface area contributed by atoms with Crippen LogP contribution in [0.1, 0.15) is 25.0 Å². The monoisotopic (exact) mass is 235 g/mol. The molecule has 0 saturated carbocycles.